The van der Waals surface area contributed by atoms with E-state index in [4.69, 9.17) is 0 Å². The predicted octanol–water partition coefficient (Wildman–Crippen LogP) is -0.322. The van der Waals surface area contributed by atoms with Gasteiger partial charge in [-0.3, -0.25) is 0 Å². The van der Waals surface area contributed by atoms with Crippen molar-refractivity contribution in [3.63, 3.8) is 0 Å². The molecule has 1 aliphatic rings. The molecule has 1 rings (SSSR count). The van der Waals surface area contributed by atoms with Gasteiger partial charge >= 0.3 is 31.1 Å². The predicted molar refractivity (Wildman–Crippen MR) is 49.5 cm³/mol. The average molecular weight is 408 g/mol. The first-order valence-electron chi connectivity index (χ1n) is 4.37. The van der Waals surface area contributed by atoms with E-state index in [1.54, 1.807) is 0 Å². The van der Waals surface area contributed by atoms with Gasteiger partial charge < -0.3 is 29.2 Å². The summed E-state index contributed by atoms with van der Waals surface area (Å²) in [7, 11) is 2.00. The fourth-order valence-corrected chi connectivity index (χ4v) is 1.43. The smallest absolute Gasteiger partial charge is 0.392 e. The zero-order valence-electron chi connectivity index (χ0n) is 8.16. The number of nitrogens with one attached hydrogen (secondary N) is 1. The van der Waals surface area contributed by atoms with Crippen LogP contribution < -0.4 is 5.32 Å². The molecule has 0 spiro atoms. The van der Waals surface area contributed by atoms with E-state index < -0.39 is 0 Å². The van der Waals surface area contributed by atoms with Gasteiger partial charge in [-0.05, 0) is 13.5 Å². The summed E-state index contributed by atoms with van der Waals surface area (Å²) in [5.41, 5.74) is 0. The van der Waals surface area contributed by atoms with Crippen molar-refractivity contribution in [3.8, 4) is 0 Å². The molecule has 0 radical (unpaired) electrons. The van der Waals surface area contributed by atoms with E-state index in [1.807, 2.05) is 7.05 Å². The Kier molecular flexibility index (Phi) is 6.88. The van der Waals surface area contributed by atoms with Crippen molar-refractivity contribution in [1.29, 1.82) is 0 Å². The second-order valence-electron chi connectivity index (χ2n) is 3.59. The molecular formula is C9H18N2OU. The first-order valence-corrected chi connectivity index (χ1v) is 4.37. The number of aliphatic hydroxyl groups excluding tert-OH is 1. The largest absolute Gasteiger partial charge is 2.00 e. The molecular weight excluding hydrogens is 390 g/mol. The average Bonchev–Trinajstić information content (AvgIpc) is 2.35. The van der Waals surface area contributed by atoms with Crippen LogP contribution in [0.3, 0.4) is 0 Å². The number of aliphatic hydroxyl groups is 1. The molecule has 13 heavy (non-hydrogen) atoms. The maximum Gasteiger partial charge on any atom is 2.00 e. The van der Waals surface area contributed by atoms with Crippen LogP contribution in [0, 0.1) is 45.0 Å². The maximum atomic E-state index is 9.24. The summed E-state index contributed by atoms with van der Waals surface area (Å²) in [6.45, 7) is 9.28. The molecule has 1 heterocycles. The molecule has 4 heteroatoms. The second-order valence-corrected chi connectivity index (χ2v) is 3.59. The van der Waals surface area contributed by atoms with Crippen molar-refractivity contribution in [2.24, 2.45) is 0 Å². The van der Waals surface area contributed by atoms with Crippen LogP contribution >= 0.6 is 0 Å². The standard InChI is InChI=1S/C9H18N2O.U/c1-7(2)11(3)6-8-4-9(12)5-10-8;/h7-10,12H,1-2,4-6H2,3H3;/q-2;+2. The molecule has 0 aliphatic carbocycles. The fraction of sp³-hybridized carbons (Fsp3) is 0.778. The van der Waals surface area contributed by atoms with Crippen molar-refractivity contribution >= 4 is 0 Å². The SMILES string of the molecule is [CH2-]C([CH2-])N(C)CC1CC(O)CN1.[U+2]. The minimum absolute atomic E-state index is 0. The molecule has 74 valence electrons. The first kappa shape index (κ1) is 13.9. The van der Waals surface area contributed by atoms with Crippen LogP contribution in [-0.2, 0) is 0 Å². The van der Waals surface area contributed by atoms with Crippen LogP contribution in [0.2, 0.25) is 0 Å². The minimum atomic E-state index is -0.170. The molecule has 1 saturated heterocycles. The van der Waals surface area contributed by atoms with Crippen LogP contribution in [0.5, 0.6) is 0 Å². The summed E-state index contributed by atoms with van der Waals surface area (Å²) in [5, 5.41) is 12.5. The normalized spacial score (nSPS) is 28.2. The summed E-state index contributed by atoms with van der Waals surface area (Å²) >= 11 is 0. The van der Waals surface area contributed by atoms with Crippen molar-refractivity contribution < 1.29 is 36.2 Å². The van der Waals surface area contributed by atoms with Crippen LogP contribution in [0.25, 0.3) is 0 Å². The Morgan fingerprint density at radius 3 is 2.62 bits per heavy atom. The number of hydrogen-bond donors (Lipinski definition) is 2. The molecule has 2 N–H and O–H groups in total. The van der Waals surface area contributed by atoms with Gasteiger partial charge in [-0.1, -0.05) is 0 Å². The minimum Gasteiger partial charge on any atom is -0.392 e. The number of rotatable bonds is 3. The van der Waals surface area contributed by atoms with Crippen molar-refractivity contribution in [1.82, 2.24) is 10.2 Å². The van der Waals surface area contributed by atoms with Gasteiger partial charge in [-0.15, -0.1) is 0 Å². The van der Waals surface area contributed by atoms with E-state index in [9.17, 15) is 5.11 Å². The van der Waals surface area contributed by atoms with Crippen LogP contribution in [0.4, 0.5) is 0 Å². The van der Waals surface area contributed by atoms with Gasteiger partial charge in [0, 0.05) is 19.1 Å². The molecule has 0 amide bonds. The molecule has 1 fully saturated rings. The summed E-state index contributed by atoms with van der Waals surface area (Å²) in [4.78, 5) is 2.08. The maximum absolute atomic E-state index is 9.24. The second kappa shape index (κ2) is 6.42. The first-order chi connectivity index (χ1) is 5.59. The monoisotopic (exact) mass is 408 g/mol. The Hall–Kier alpha value is 0.932. The summed E-state index contributed by atoms with van der Waals surface area (Å²) in [5.74, 6) is 0. The zero-order valence-corrected chi connectivity index (χ0v) is 12.3. The topological polar surface area (TPSA) is 35.5 Å². The number of likely N-dealkylation sites (N-methyl/N-ethyl adjacent to an activating group) is 1. The number of nitrogens with zero attached hydrogens (tertiary/aromatic N) is 1. The Labute approximate surface area is 105 Å². The number of hydrogen-bond acceptors (Lipinski definition) is 3. The van der Waals surface area contributed by atoms with Crippen molar-refractivity contribution in [2.45, 2.75) is 24.6 Å². The summed E-state index contributed by atoms with van der Waals surface area (Å²) < 4.78 is 0. The quantitative estimate of drug-likeness (QED) is 0.629. The Morgan fingerprint density at radius 2 is 2.23 bits per heavy atom. The van der Waals surface area contributed by atoms with Gasteiger partial charge in [0.05, 0.1) is 6.10 Å². The molecule has 0 aromatic rings. The molecule has 1 aliphatic heterocycles. The molecule has 0 bridgehead atoms. The summed E-state index contributed by atoms with van der Waals surface area (Å²) in [6, 6.07) is 0.487. The Morgan fingerprint density at radius 1 is 1.62 bits per heavy atom. The van der Waals surface area contributed by atoms with Gasteiger partial charge in [-0.2, -0.15) is 0 Å². The zero-order chi connectivity index (χ0) is 9.14. The van der Waals surface area contributed by atoms with Crippen molar-refractivity contribution in [2.75, 3.05) is 20.1 Å². The third-order valence-electron chi connectivity index (χ3n) is 2.33. The van der Waals surface area contributed by atoms with Crippen molar-refractivity contribution in [3.05, 3.63) is 13.8 Å². The van der Waals surface area contributed by atoms with Crippen LogP contribution in [0.1, 0.15) is 6.42 Å². The van der Waals surface area contributed by atoms with Crippen LogP contribution in [-0.4, -0.2) is 48.3 Å². The van der Waals surface area contributed by atoms with Crippen LogP contribution in [0.15, 0.2) is 0 Å². The third kappa shape index (κ3) is 4.81. The number of β-amino-alcohol motifs (C(OH)–C–C–N with tert-alkyl or cyclic N) is 1. The Bertz CT molecular complexity index is 144. The van der Waals surface area contributed by atoms with Gasteiger partial charge in [0.25, 0.3) is 0 Å². The van der Waals surface area contributed by atoms with Gasteiger partial charge in [0.15, 0.2) is 0 Å². The molecule has 0 aromatic heterocycles. The third-order valence-corrected chi connectivity index (χ3v) is 2.33. The molecule has 3 nitrogen and oxygen atoms in total. The summed E-state index contributed by atoms with van der Waals surface area (Å²) in [6.07, 6.45) is 0.674. The van der Waals surface area contributed by atoms with Gasteiger partial charge in [0.2, 0.25) is 0 Å². The van der Waals surface area contributed by atoms with E-state index in [0.717, 1.165) is 19.5 Å². The molecule has 2 unspecified atom stereocenters. The van der Waals surface area contributed by atoms with Gasteiger partial charge in [0.1, 0.15) is 0 Å². The fourth-order valence-electron chi connectivity index (χ4n) is 1.43. The van der Waals surface area contributed by atoms with E-state index in [1.165, 1.54) is 0 Å². The van der Waals surface area contributed by atoms with E-state index >= 15 is 0 Å². The molecule has 0 aromatic carbocycles. The van der Waals surface area contributed by atoms with E-state index in [0.29, 0.717) is 6.04 Å². The molecule has 0 saturated carbocycles. The Balaban J connectivity index is 0.00000144. The molecule has 2 atom stereocenters. The van der Waals surface area contributed by atoms with E-state index in [2.05, 4.69) is 24.1 Å². The van der Waals surface area contributed by atoms with E-state index in [-0.39, 0.29) is 43.3 Å². The van der Waals surface area contributed by atoms with Gasteiger partial charge in [-0.25, -0.2) is 6.04 Å².